The maximum absolute atomic E-state index is 12.7. The van der Waals surface area contributed by atoms with Gasteiger partial charge in [-0.05, 0) is 36.4 Å². The highest BCUT2D eigenvalue weighted by atomic mass is 35.5. The molecule has 1 aliphatic heterocycles. The number of aromatic nitrogens is 2. The predicted octanol–water partition coefficient (Wildman–Crippen LogP) is 4.65. The third kappa shape index (κ3) is 4.73. The molecule has 0 unspecified atom stereocenters. The third-order valence-electron chi connectivity index (χ3n) is 4.73. The van der Waals surface area contributed by atoms with E-state index in [1.807, 2.05) is 12.1 Å². The van der Waals surface area contributed by atoms with Crippen LogP contribution >= 0.6 is 34.8 Å². The molecule has 4 rings (SSSR count). The molecule has 6 nitrogen and oxygen atoms in total. The summed E-state index contributed by atoms with van der Waals surface area (Å²) in [5, 5.41) is 5.55. The summed E-state index contributed by atoms with van der Waals surface area (Å²) in [5.74, 6) is 0.948. The number of piperazine rings is 1. The average molecular weight is 452 g/mol. The Morgan fingerprint density at radius 1 is 1.00 bits per heavy atom. The third-order valence-corrected chi connectivity index (χ3v) is 5.51. The Morgan fingerprint density at radius 2 is 1.76 bits per heavy atom. The first-order chi connectivity index (χ1) is 14.0. The van der Waals surface area contributed by atoms with Gasteiger partial charge in [-0.25, -0.2) is 0 Å². The number of halogens is 3. The lowest BCUT2D eigenvalue weighted by Gasteiger charge is -2.34. The summed E-state index contributed by atoms with van der Waals surface area (Å²) in [5.41, 5.74) is 1.25. The standard InChI is InChI=1S/C20H17Cl3N4O2/c21-14-3-1-2-13(10-14)19-24-18(25-29-19)12-26-6-8-27(9-7-26)20(28)16-5-4-15(22)11-17(16)23/h1-5,10-11H,6-9,12H2. The first-order valence-electron chi connectivity index (χ1n) is 9.05. The maximum Gasteiger partial charge on any atom is 0.258 e. The van der Waals surface area contributed by atoms with Crippen LogP contribution < -0.4 is 0 Å². The van der Waals surface area contributed by atoms with Crippen LogP contribution in [0.1, 0.15) is 16.2 Å². The summed E-state index contributed by atoms with van der Waals surface area (Å²) in [7, 11) is 0. The molecule has 1 fully saturated rings. The van der Waals surface area contributed by atoms with Gasteiger partial charge >= 0.3 is 0 Å². The summed E-state index contributed by atoms with van der Waals surface area (Å²) >= 11 is 18.1. The highest BCUT2D eigenvalue weighted by Crippen LogP contribution is 2.24. The van der Waals surface area contributed by atoms with Gasteiger partial charge in [0.1, 0.15) is 0 Å². The van der Waals surface area contributed by atoms with Gasteiger partial charge in [0.25, 0.3) is 11.8 Å². The number of amides is 1. The van der Waals surface area contributed by atoms with Crippen molar-refractivity contribution in [1.82, 2.24) is 19.9 Å². The second-order valence-electron chi connectivity index (χ2n) is 6.72. The molecule has 2 aromatic carbocycles. The van der Waals surface area contributed by atoms with E-state index in [1.165, 1.54) is 0 Å². The summed E-state index contributed by atoms with van der Waals surface area (Å²) in [4.78, 5) is 21.1. The van der Waals surface area contributed by atoms with Crippen molar-refractivity contribution in [2.45, 2.75) is 6.54 Å². The van der Waals surface area contributed by atoms with Crippen LogP contribution in [0.5, 0.6) is 0 Å². The van der Waals surface area contributed by atoms with Crippen molar-refractivity contribution in [1.29, 1.82) is 0 Å². The van der Waals surface area contributed by atoms with E-state index in [9.17, 15) is 4.79 Å². The van der Waals surface area contributed by atoms with E-state index < -0.39 is 0 Å². The van der Waals surface area contributed by atoms with Gasteiger partial charge in [-0.15, -0.1) is 0 Å². The Morgan fingerprint density at radius 3 is 2.48 bits per heavy atom. The van der Waals surface area contributed by atoms with Crippen molar-refractivity contribution >= 4 is 40.7 Å². The lowest BCUT2D eigenvalue weighted by atomic mass is 10.1. The van der Waals surface area contributed by atoms with Gasteiger partial charge in [-0.2, -0.15) is 4.98 Å². The van der Waals surface area contributed by atoms with Gasteiger partial charge in [0.2, 0.25) is 0 Å². The molecule has 29 heavy (non-hydrogen) atoms. The van der Waals surface area contributed by atoms with Gasteiger partial charge in [-0.1, -0.05) is 46.0 Å². The summed E-state index contributed by atoms with van der Waals surface area (Å²) in [6.07, 6.45) is 0. The van der Waals surface area contributed by atoms with Crippen LogP contribution in [0.25, 0.3) is 11.5 Å². The zero-order valence-corrected chi connectivity index (χ0v) is 17.6. The van der Waals surface area contributed by atoms with Crippen molar-refractivity contribution in [2.24, 2.45) is 0 Å². The molecule has 0 bridgehead atoms. The largest absolute Gasteiger partial charge is 0.336 e. The molecule has 150 valence electrons. The molecule has 0 N–H and O–H groups in total. The van der Waals surface area contributed by atoms with Crippen molar-refractivity contribution in [3.63, 3.8) is 0 Å². The van der Waals surface area contributed by atoms with E-state index >= 15 is 0 Å². The first-order valence-corrected chi connectivity index (χ1v) is 10.2. The van der Waals surface area contributed by atoms with Crippen LogP contribution in [0.2, 0.25) is 15.1 Å². The molecule has 0 atom stereocenters. The van der Waals surface area contributed by atoms with Crippen molar-refractivity contribution in [3.05, 3.63) is 68.9 Å². The maximum atomic E-state index is 12.7. The van der Waals surface area contributed by atoms with Crippen LogP contribution in [-0.2, 0) is 6.54 Å². The zero-order chi connectivity index (χ0) is 20.4. The van der Waals surface area contributed by atoms with Crippen LogP contribution in [0.3, 0.4) is 0 Å². The second kappa shape index (κ2) is 8.71. The number of hydrogen-bond donors (Lipinski definition) is 0. The summed E-state index contributed by atoms with van der Waals surface area (Å²) in [6, 6.07) is 12.2. The highest BCUT2D eigenvalue weighted by molar-refractivity contribution is 6.36. The van der Waals surface area contributed by atoms with Gasteiger partial charge < -0.3 is 9.42 Å². The van der Waals surface area contributed by atoms with Gasteiger partial charge in [0.05, 0.1) is 17.1 Å². The lowest BCUT2D eigenvalue weighted by Crippen LogP contribution is -2.48. The molecule has 3 aromatic rings. The van der Waals surface area contributed by atoms with Crippen molar-refractivity contribution in [2.75, 3.05) is 26.2 Å². The van der Waals surface area contributed by atoms with Crippen LogP contribution in [-0.4, -0.2) is 52.0 Å². The molecule has 1 saturated heterocycles. The van der Waals surface area contributed by atoms with E-state index in [2.05, 4.69) is 15.0 Å². The monoisotopic (exact) mass is 450 g/mol. The SMILES string of the molecule is O=C(c1ccc(Cl)cc1Cl)N1CCN(Cc2noc(-c3cccc(Cl)c3)n2)CC1. The number of benzene rings is 2. The van der Waals surface area contributed by atoms with E-state index in [0.717, 1.165) is 5.56 Å². The molecule has 0 saturated carbocycles. The number of rotatable bonds is 4. The molecular formula is C20H17Cl3N4O2. The first kappa shape index (κ1) is 20.2. The lowest BCUT2D eigenvalue weighted by molar-refractivity contribution is 0.0624. The molecule has 0 spiro atoms. The van der Waals surface area contributed by atoms with E-state index in [4.69, 9.17) is 39.3 Å². The number of carbonyl (C=O) groups excluding carboxylic acids is 1. The summed E-state index contributed by atoms with van der Waals surface area (Å²) < 4.78 is 5.35. The predicted molar refractivity (Wildman–Crippen MR) is 112 cm³/mol. The summed E-state index contributed by atoms with van der Waals surface area (Å²) in [6.45, 7) is 3.15. The van der Waals surface area contributed by atoms with Gasteiger partial charge in [0.15, 0.2) is 5.82 Å². The fourth-order valence-electron chi connectivity index (χ4n) is 3.20. The van der Waals surface area contributed by atoms with Crippen molar-refractivity contribution in [3.8, 4) is 11.5 Å². The number of carbonyl (C=O) groups is 1. The molecular weight excluding hydrogens is 435 g/mol. The Hall–Kier alpha value is -2.12. The molecule has 9 heteroatoms. The van der Waals surface area contributed by atoms with Crippen LogP contribution in [0, 0.1) is 0 Å². The van der Waals surface area contributed by atoms with Crippen LogP contribution in [0.15, 0.2) is 47.0 Å². The van der Waals surface area contributed by atoms with Crippen LogP contribution in [0.4, 0.5) is 0 Å². The highest BCUT2D eigenvalue weighted by Gasteiger charge is 2.24. The van der Waals surface area contributed by atoms with E-state index in [1.54, 1.807) is 35.2 Å². The molecule has 1 aliphatic rings. The number of hydrogen-bond acceptors (Lipinski definition) is 5. The van der Waals surface area contributed by atoms with E-state index in [-0.39, 0.29) is 5.91 Å². The molecule has 1 aromatic heterocycles. The number of nitrogens with zero attached hydrogens (tertiary/aromatic N) is 4. The smallest absolute Gasteiger partial charge is 0.258 e. The quantitative estimate of drug-likeness (QED) is 0.577. The normalized spacial score (nSPS) is 14.9. The fraction of sp³-hybridized carbons (Fsp3) is 0.250. The Bertz CT molecular complexity index is 1030. The Kier molecular flexibility index (Phi) is 6.06. The molecule has 2 heterocycles. The topological polar surface area (TPSA) is 62.5 Å². The van der Waals surface area contributed by atoms with E-state index in [0.29, 0.717) is 65.1 Å². The minimum atomic E-state index is -0.0888. The minimum Gasteiger partial charge on any atom is -0.336 e. The molecule has 0 aliphatic carbocycles. The second-order valence-corrected chi connectivity index (χ2v) is 8.00. The van der Waals surface area contributed by atoms with Crippen molar-refractivity contribution < 1.29 is 9.32 Å². The minimum absolute atomic E-state index is 0.0888. The Labute approximate surface area is 183 Å². The molecule has 1 amide bonds. The fourth-order valence-corrected chi connectivity index (χ4v) is 3.88. The molecule has 0 radical (unpaired) electrons. The Balaban J connectivity index is 1.35. The average Bonchev–Trinajstić information content (AvgIpc) is 3.17. The van der Waals surface area contributed by atoms with Gasteiger partial charge in [0, 0.05) is 41.8 Å². The van der Waals surface area contributed by atoms with Gasteiger partial charge in [-0.3, -0.25) is 9.69 Å². The zero-order valence-electron chi connectivity index (χ0n) is 15.3.